The zero-order valence-electron chi connectivity index (χ0n) is 13.5. The number of halogens is 2. The smallest absolute Gasteiger partial charge is 0.223 e. The topological polar surface area (TPSA) is 59.2 Å². The van der Waals surface area contributed by atoms with Crippen LogP contribution >= 0.6 is 36.6 Å². The van der Waals surface area contributed by atoms with Crippen LogP contribution in [-0.2, 0) is 10.5 Å². The number of piperidine rings is 1. The SMILES string of the molecule is CC1CCN(C(=O)CCSCc2ccccn2)C(CN)C1.Cl.Cl. The molecule has 0 saturated carbocycles. The van der Waals surface area contributed by atoms with Crippen LogP contribution in [0.15, 0.2) is 24.4 Å². The normalized spacial score (nSPS) is 20.3. The minimum atomic E-state index is 0. The molecule has 0 aliphatic carbocycles. The Kier molecular flexibility index (Phi) is 11.7. The van der Waals surface area contributed by atoms with Gasteiger partial charge < -0.3 is 10.6 Å². The van der Waals surface area contributed by atoms with E-state index in [0.717, 1.165) is 36.6 Å². The first kappa shape index (κ1) is 22.5. The Morgan fingerprint density at radius 3 is 2.87 bits per heavy atom. The van der Waals surface area contributed by atoms with Gasteiger partial charge in [-0.3, -0.25) is 9.78 Å². The lowest BCUT2D eigenvalue weighted by molar-refractivity contribution is -0.134. The summed E-state index contributed by atoms with van der Waals surface area (Å²) in [5.41, 5.74) is 6.89. The van der Waals surface area contributed by atoms with Gasteiger partial charge in [0.25, 0.3) is 0 Å². The van der Waals surface area contributed by atoms with Crippen molar-refractivity contribution in [3.63, 3.8) is 0 Å². The summed E-state index contributed by atoms with van der Waals surface area (Å²) >= 11 is 1.77. The number of thioether (sulfide) groups is 1. The molecule has 1 amide bonds. The Labute approximate surface area is 155 Å². The first-order valence-corrected chi connectivity index (χ1v) is 8.83. The van der Waals surface area contributed by atoms with Gasteiger partial charge in [0.15, 0.2) is 0 Å². The molecule has 23 heavy (non-hydrogen) atoms. The van der Waals surface area contributed by atoms with Crippen LogP contribution < -0.4 is 5.73 Å². The lowest BCUT2D eigenvalue weighted by Gasteiger charge is -2.38. The molecular weight excluding hydrogens is 353 g/mol. The number of amides is 1. The number of likely N-dealkylation sites (tertiary alicyclic amines) is 1. The zero-order valence-corrected chi connectivity index (χ0v) is 16.0. The van der Waals surface area contributed by atoms with Crippen LogP contribution in [0.4, 0.5) is 0 Å². The van der Waals surface area contributed by atoms with Crippen LogP contribution in [-0.4, -0.2) is 40.7 Å². The molecule has 2 heterocycles. The highest BCUT2D eigenvalue weighted by Crippen LogP contribution is 2.23. The molecule has 1 saturated heterocycles. The molecule has 0 bridgehead atoms. The number of nitrogens with two attached hydrogens (primary N) is 1. The summed E-state index contributed by atoms with van der Waals surface area (Å²) in [4.78, 5) is 18.6. The van der Waals surface area contributed by atoms with Crippen LogP contribution in [0.1, 0.15) is 31.9 Å². The third kappa shape index (κ3) is 7.29. The quantitative estimate of drug-likeness (QED) is 0.771. The van der Waals surface area contributed by atoms with Gasteiger partial charge in [0, 0.05) is 43.3 Å². The van der Waals surface area contributed by atoms with E-state index in [1.54, 1.807) is 11.8 Å². The molecule has 132 valence electrons. The Morgan fingerprint density at radius 1 is 1.43 bits per heavy atom. The second-order valence-corrected chi connectivity index (χ2v) is 6.84. The van der Waals surface area contributed by atoms with Crippen molar-refractivity contribution in [2.45, 2.75) is 38.0 Å². The molecule has 0 radical (unpaired) electrons. The molecule has 4 nitrogen and oxygen atoms in total. The van der Waals surface area contributed by atoms with E-state index in [2.05, 4.69) is 11.9 Å². The van der Waals surface area contributed by atoms with Gasteiger partial charge >= 0.3 is 0 Å². The van der Waals surface area contributed by atoms with Gasteiger partial charge in [-0.25, -0.2) is 0 Å². The van der Waals surface area contributed by atoms with E-state index >= 15 is 0 Å². The van der Waals surface area contributed by atoms with Crippen molar-refractivity contribution in [3.8, 4) is 0 Å². The predicted octanol–water partition coefficient (Wildman–Crippen LogP) is 3.13. The minimum Gasteiger partial charge on any atom is -0.338 e. The molecule has 2 N–H and O–H groups in total. The molecule has 1 aliphatic rings. The second-order valence-electron chi connectivity index (χ2n) is 5.73. The highest BCUT2D eigenvalue weighted by atomic mass is 35.5. The molecule has 1 aliphatic heterocycles. The average Bonchev–Trinajstić information content (AvgIpc) is 2.52. The van der Waals surface area contributed by atoms with Crippen LogP contribution in [0.25, 0.3) is 0 Å². The number of rotatable bonds is 6. The Morgan fingerprint density at radius 2 is 2.22 bits per heavy atom. The maximum atomic E-state index is 12.3. The van der Waals surface area contributed by atoms with Crippen molar-refractivity contribution in [2.75, 3.05) is 18.8 Å². The van der Waals surface area contributed by atoms with Gasteiger partial charge in [-0.1, -0.05) is 13.0 Å². The van der Waals surface area contributed by atoms with Crippen LogP contribution in [0.3, 0.4) is 0 Å². The van der Waals surface area contributed by atoms with Gasteiger partial charge in [0.2, 0.25) is 5.91 Å². The van der Waals surface area contributed by atoms with E-state index in [-0.39, 0.29) is 36.8 Å². The van der Waals surface area contributed by atoms with Crippen LogP contribution in [0.5, 0.6) is 0 Å². The summed E-state index contributed by atoms with van der Waals surface area (Å²) in [6.45, 7) is 3.69. The monoisotopic (exact) mass is 379 g/mol. The summed E-state index contributed by atoms with van der Waals surface area (Å²) in [7, 11) is 0. The molecule has 2 atom stereocenters. The number of pyridine rings is 1. The average molecular weight is 380 g/mol. The largest absolute Gasteiger partial charge is 0.338 e. The van der Waals surface area contributed by atoms with E-state index in [1.165, 1.54) is 0 Å². The van der Waals surface area contributed by atoms with Crippen LogP contribution in [0.2, 0.25) is 0 Å². The van der Waals surface area contributed by atoms with E-state index in [9.17, 15) is 4.79 Å². The van der Waals surface area contributed by atoms with Gasteiger partial charge in [0.1, 0.15) is 0 Å². The second kappa shape index (κ2) is 12.0. The summed E-state index contributed by atoms with van der Waals surface area (Å²) < 4.78 is 0. The Balaban J connectivity index is 0.00000242. The van der Waals surface area contributed by atoms with Crippen molar-refractivity contribution >= 4 is 42.5 Å². The fraction of sp³-hybridized carbons (Fsp3) is 0.625. The fourth-order valence-corrected chi connectivity index (χ4v) is 3.61. The summed E-state index contributed by atoms with van der Waals surface area (Å²) in [5.74, 6) is 2.65. The Hall–Kier alpha value is -0.490. The highest BCUT2D eigenvalue weighted by molar-refractivity contribution is 7.98. The lowest BCUT2D eigenvalue weighted by Crippen LogP contribution is -2.49. The molecule has 1 aromatic heterocycles. The van der Waals surface area contributed by atoms with Gasteiger partial charge in [-0.05, 0) is 30.9 Å². The summed E-state index contributed by atoms with van der Waals surface area (Å²) in [6.07, 6.45) is 4.55. The number of nitrogens with zero attached hydrogens (tertiary/aromatic N) is 2. The van der Waals surface area contributed by atoms with E-state index in [4.69, 9.17) is 5.73 Å². The maximum Gasteiger partial charge on any atom is 0.223 e. The molecule has 2 rings (SSSR count). The standard InChI is InChI=1S/C16H25N3OS.2ClH/c1-13-5-8-19(15(10-13)11-17)16(20)6-9-21-12-14-4-2-3-7-18-14;;/h2-4,7,13,15H,5-6,8-12,17H2,1H3;2*1H. The van der Waals surface area contributed by atoms with E-state index < -0.39 is 0 Å². The maximum absolute atomic E-state index is 12.3. The van der Waals surface area contributed by atoms with Crippen molar-refractivity contribution in [2.24, 2.45) is 11.7 Å². The molecule has 2 unspecified atom stereocenters. The fourth-order valence-electron chi connectivity index (χ4n) is 2.77. The molecule has 1 fully saturated rings. The third-order valence-electron chi connectivity index (χ3n) is 4.01. The van der Waals surface area contributed by atoms with Crippen molar-refractivity contribution in [1.82, 2.24) is 9.88 Å². The first-order chi connectivity index (χ1) is 10.2. The lowest BCUT2D eigenvalue weighted by atomic mass is 9.92. The number of carbonyl (C=O) groups excluding carboxylic acids is 1. The van der Waals surface area contributed by atoms with Gasteiger partial charge in [-0.2, -0.15) is 11.8 Å². The molecule has 1 aromatic rings. The minimum absolute atomic E-state index is 0. The summed E-state index contributed by atoms with van der Waals surface area (Å²) in [6, 6.07) is 6.17. The van der Waals surface area contributed by atoms with Crippen molar-refractivity contribution < 1.29 is 4.79 Å². The summed E-state index contributed by atoms with van der Waals surface area (Å²) in [5, 5.41) is 0. The first-order valence-electron chi connectivity index (χ1n) is 7.68. The molecule has 0 spiro atoms. The van der Waals surface area contributed by atoms with E-state index in [0.29, 0.717) is 18.9 Å². The molecular formula is C16H27Cl2N3OS. The number of hydrogen-bond donors (Lipinski definition) is 1. The molecule has 7 heteroatoms. The Bertz CT molecular complexity index is 450. The van der Waals surface area contributed by atoms with E-state index in [1.807, 2.05) is 29.3 Å². The van der Waals surface area contributed by atoms with Gasteiger partial charge in [0.05, 0.1) is 5.69 Å². The zero-order chi connectivity index (χ0) is 15.1. The van der Waals surface area contributed by atoms with Gasteiger partial charge in [-0.15, -0.1) is 24.8 Å². The van der Waals surface area contributed by atoms with Crippen molar-refractivity contribution in [3.05, 3.63) is 30.1 Å². The number of hydrogen-bond acceptors (Lipinski definition) is 4. The molecule has 0 aromatic carbocycles. The van der Waals surface area contributed by atoms with Crippen LogP contribution in [0, 0.1) is 5.92 Å². The highest BCUT2D eigenvalue weighted by Gasteiger charge is 2.28. The number of aromatic nitrogens is 1. The third-order valence-corrected chi connectivity index (χ3v) is 5.00. The van der Waals surface area contributed by atoms with Crippen molar-refractivity contribution in [1.29, 1.82) is 0 Å². The predicted molar refractivity (Wildman–Crippen MR) is 102 cm³/mol. The number of carbonyl (C=O) groups is 1.